The molecule has 8 heteroatoms. The smallest absolute Gasteiger partial charge is 0.405 e. The van der Waals surface area contributed by atoms with Crippen LogP contribution in [0.2, 0.25) is 5.28 Å². The van der Waals surface area contributed by atoms with E-state index in [0.717, 1.165) is 16.5 Å². The minimum absolute atomic E-state index is 0.0371. The molecule has 1 aromatic heterocycles. The van der Waals surface area contributed by atoms with E-state index < -0.39 is 6.36 Å². The molecule has 4 rings (SSSR count). The lowest BCUT2D eigenvalue weighted by Crippen LogP contribution is -2.18. The minimum Gasteiger partial charge on any atom is -0.405 e. The van der Waals surface area contributed by atoms with Crippen LogP contribution in [0.1, 0.15) is 5.56 Å². The molecule has 4 aromatic rings. The zero-order valence-electron chi connectivity index (χ0n) is 15.4. The van der Waals surface area contributed by atoms with Crippen molar-refractivity contribution < 1.29 is 17.9 Å². The molecule has 0 spiro atoms. The first-order chi connectivity index (χ1) is 14.4. The lowest BCUT2D eigenvalue weighted by Gasteiger charge is -2.16. The van der Waals surface area contributed by atoms with Crippen LogP contribution in [0.15, 0.2) is 72.8 Å². The van der Waals surface area contributed by atoms with Gasteiger partial charge in [-0.15, -0.1) is 13.2 Å². The number of nitrogens with zero attached hydrogens (tertiary/aromatic N) is 2. The first-order valence-electron chi connectivity index (χ1n) is 9.00. The van der Waals surface area contributed by atoms with Gasteiger partial charge in [0.25, 0.3) is 0 Å². The highest BCUT2D eigenvalue weighted by Crippen LogP contribution is 2.34. The number of aromatic nitrogens is 2. The van der Waals surface area contributed by atoms with Crippen molar-refractivity contribution in [3.8, 4) is 16.9 Å². The highest BCUT2D eigenvalue weighted by atomic mass is 35.5. The number of hydrogen-bond acceptors (Lipinski definition) is 4. The van der Waals surface area contributed by atoms with Crippen molar-refractivity contribution in [2.75, 3.05) is 5.32 Å². The third kappa shape index (κ3) is 4.46. The molecule has 0 aliphatic carbocycles. The Kier molecular flexibility index (Phi) is 5.46. The standard InChI is InChI=1S/C22H15ClF3N3O/c23-21-28-17-11-6-10-16(14-7-2-1-3-8-14)19(17)20(29-21)27-13-15-9-4-5-12-18(15)30-22(24,25)26/h1-12H,13H2,(H,27,28,29). The van der Waals surface area contributed by atoms with E-state index in [-0.39, 0.29) is 17.6 Å². The van der Waals surface area contributed by atoms with Gasteiger partial charge in [-0.1, -0.05) is 60.7 Å². The Balaban J connectivity index is 1.74. The molecule has 0 aliphatic heterocycles. The van der Waals surface area contributed by atoms with E-state index in [1.165, 1.54) is 12.1 Å². The second-order valence-corrected chi connectivity index (χ2v) is 6.75. The molecule has 1 heterocycles. The molecule has 0 saturated carbocycles. The Morgan fingerprint density at radius 3 is 2.37 bits per heavy atom. The predicted octanol–water partition coefficient (Wildman–Crippen LogP) is 6.46. The molecular formula is C22H15ClF3N3O. The molecule has 0 amide bonds. The summed E-state index contributed by atoms with van der Waals surface area (Å²) < 4.78 is 42.2. The molecule has 4 nitrogen and oxygen atoms in total. The maximum Gasteiger partial charge on any atom is 0.573 e. The van der Waals surface area contributed by atoms with Crippen LogP contribution in [-0.4, -0.2) is 16.3 Å². The second kappa shape index (κ2) is 8.20. The van der Waals surface area contributed by atoms with Crippen molar-refractivity contribution >= 4 is 28.3 Å². The fraction of sp³-hybridized carbons (Fsp3) is 0.0909. The van der Waals surface area contributed by atoms with E-state index in [1.54, 1.807) is 18.2 Å². The van der Waals surface area contributed by atoms with Crippen LogP contribution < -0.4 is 10.1 Å². The average Bonchev–Trinajstić information content (AvgIpc) is 2.72. The van der Waals surface area contributed by atoms with Crippen molar-refractivity contribution in [3.05, 3.63) is 83.6 Å². The third-order valence-electron chi connectivity index (χ3n) is 4.43. The van der Waals surface area contributed by atoms with Crippen LogP contribution in [0, 0.1) is 0 Å². The Morgan fingerprint density at radius 2 is 1.60 bits per heavy atom. The van der Waals surface area contributed by atoms with Gasteiger partial charge in [-0.3, -0.25) is 0 Å². The fourth-order valence-corrected chi connectivity index (χ4v) is 3.37. The molecule has 30 heavy (non-hydrogen) atoms. The van der Waals surface area contributed by atoms with E-state index in [9.17, 15) is 13.2 Å². The SMILES string of the molecule is FC(F)(F)Oc1ccccc1CNc1nc(Cl)nc2cccc(-c3ccccc3)c12. The first kappa shape index (κ1) is 20.0. The van der Waals surface area contributed by atoms with Crippen LogP contribution in [0.5, 0.6) is 5.75 Å². The number of nitrogens with one attached hydrogen (secondary N) is 1. The number of alkyl halides is 3. The molecule has 152 valence electrons. The predicted molar refractivity (Wildman–Crippen MR) is 110 cm³/mol. The van der Waals surface area contributed by atoms with Crippen molar-refractivity contribution in [2.24, 2.45) is 0 Å². The number of hydrogen-bond donors (Lipinski definition) is 1. The molecule has 0 saturated heterocycles. The van der Waals surface area contributed by atoms with Gasteiger partial charge in [-0.05, 0) is 34.9 Å². The number of para-hydroxylation sites is 1. The normalized spacial score (nSPS) is 11.5. The van der Waals surface area contributed by atoms with Gasteiger partial charge in [0.1, 0.15) is 11.6 Å². The number of ether oxygens (including phenoxy) is 1. The van der Waals surface area contributed by atoms with Gasteiger partial charge < -0.3 is 10.1 Å². The molecule has 0 atom stereocenters. The van der Waals surface area contributed by atoms with Gasteiger partial charge >= 0.3 is 6.36 Å². The van der Waals surface area contributed by atoms with Gasteiger partial charge in [0.2, 0.25) is 5.28 Å². The Labute approximate surface area is 175 Å². The number of benzene rings is 3. The quantitative estimate of drug-likeness (QED) is 0.370. The highest BCUT2D eigenvalue weighted by molar-refractivity contribution is 6.29. The second-order valence-electron chi connectivity index (χ2n) is 6.42. The third-order valence-corrected chi connectivity index (χ3v) is 4.59. The maximum atomic E-state index is 12.7. The Morgan fingerprint density at radius 1 is 0.867 bits per heavy atom. The van der Waals surface area contributed by atoms with Crippen molar-refractivity contribution in [1.82, 2.24) is 9.97 Å². The van der Waals surface area contributed by atoms with Gasteiger partial charge in [0, 0.05) is 12.1 Å². The van der Waals surface area contributed by atoms with E-state index in [4.69, 9.17) is 11.6 Å². The summed E-state index contributed by atoms with van der Waals surface area (Å²) in [6.07, 6.45) is -4.78. The van der Waals surface area contributed by atoms with Crippen molar-refractivity contribution in [3.63, 3.8) is 0 Å². The van der Waals surface area contributed by atoms with Crippen LogP contribution in [-0.2, 0) is 6.54 Å². The molecule has 0 unspecified atom stereocenters. The lowest BCUT2D eigenvalue weighted by molar-refractivity contribution is -0.274. The number of rotatable bonds is 5. The molecule has 0 bridgehead atoms. The Hall–Kier alpha value is -3.32. The molecule has 1 N–H and O–H groups in total. The summed E-state index contributed by atoms with van der Waals surface area (Å²) in [7, 11) is 0. The van der Waals surface area contributed by atoms with E-state index >= 15 is 0 Å². The number of halogens is 4. The zero-order valence-corrected chi connectivity index (χ0v) is 16.2. The van der Waals surface area contributed by atoms with E-state index in [1.807, 2.05) is 42.5 Å². The monoisotopic (exact) mass is 429 g/mol. The molecular weight excluding hydrogens is 415 g/mol. The Bertz CT molecular complexity index is 1180. The largest absolute Gasteiger partial charge is 0.573 e. The van der Waals surface area contributed by atoms with Gasteiger partial charge in [0.05, 0.1) is 10.9 Å². The molecule has 0 fully saturated rings. The summed E-state index contributed by atoms with van der Waals surface area (Å²) in [5, 5.41) is 3.86. The topological polar surface area (TPSA) is 47.0 Å². The van der Waals surface area contributed by atoms with Crippen LogP contribution in [0.25, 0.3) is 22.0 Å². The van der Waals surface area contributed by atoms with Crippen LogP contribution in [0.3, 0.4) is 0 Å². The van der Waals surface area contributed by atoms with Gasteiger partial charge in [0.15, 0.2) is 0 Å². The van der Waals surface area contributed by atoms with Gasteiger partial charge in [-0.25, -0.2) is 9.97 Å². The lowest BCUT2D eigenvalue weighted by atomic mass is 10.0. The average molecular weight is 430 g/mol. The number of fused-ring (bicyclic) bond motifs is 1. The summed E-state index contributed by atoms with van der Waals surface area (Å²) in [6, 6.07) is 21.2. The summed E-state index contributed by atoms with van der Waals surface area (Å²) in [6.45, 7) is 0.0534. The van der Waals surface area contributed by atoms with Crippen LogP contribution >= 0.6 is 11.6 Å². The minimum atomic E-state index is -4.78. The first-order valence-corrected chi connectivity index (χ1v) is 9.38. The maximum absolute atomic E-state index is 12.7. The van der Waals surface area contributed by atoms with Crippen molar-refractivity contribution in [2.45, 2.75) is 12.9 Å². The summed E-state index contributed by atoms with van der Waals surface area (Å²) in [4.78, 5) is 8.57. The van der Waals surface area contributed by atoms with Gasteiger partial charge in [-0.2, -0.15) is 0 Å². The highest BCUT2D eigenvalue weighted by Gasteiger charge is 2.32. The summed E-state index contributed by atoms with van der Waals surface area (Å²) in [5.41, 5.74) is 2.79. The fourth-order valence-electron chi connectivity index (χ4n) is 3.19. The summed E-state index contributed by atoms with van der Waals surface area (Å²) >= 11 is 6.09. The number of anilines is 1. The van der Waals surface area contributed by atoms with E-state index in [2.05, 4.69) is 20.0 Å². The van der Waals surface area contributed by atoms with E-state index in [0.29, 0.717) is 16.9 Å². The molecule has 3 aromatic carbocycles. The molecule has 0 aliphatic rings. The van der Waals surface area contributed by atoms with Crippen LogP contribution in [0.4, 0.5) is 19.0 Å². The molecule has 0 radical (unpaired) electrons. The summed E-state index contributed by atoms with van der Waals surface area (Å²) in [5.74, 6) is 0.150. The zero-order chi connectivity index (χ0) is 21.1. The van der Waals surface area contributed by atoms with Crippen molar-refractivity contribution in [1.29, 1.82) is 0 Å².